The van der Waals surface area contributed by atoms with Crippen molar-refractivity contribution in [3.8, 4) is 0 Å². The number of urea groups is 1. The van der Waals surface area contributed by atoms with Gasteiger partial charge in [-0.3, -0.25) is 44.7 Å². The molecule has 0 atom stereocenters. The molecule has 0 aliphatic carbocycles. The summed E-state index contributed by atoms with van der Waals surface area (Å²) in [5, 5.41) is 14.1. The molecule has 59 heavy (non-hydrogen) atoms. The first-order chi connectivity index (χ1) is 28.6. The van der Waals surface area contributed by atoms with E-state index in [0.717, 1.165) is 111 Å². The van der Waals surface area contributed by atoms with E-state index in [-0.39, 0.29) is 35.0 Å². The minimum atomic E-state index is -0.458. The van der Waals surface area contributed by atoms with Crippen LogP contribution in [0.25, 0.3) is 0 Å². The van der Waals surface area contributed by atoms with Crippen LogP contribution in [0.3, 0.4) is 0 Å². The summed E-state index contributed by atoms with van der Waals surface area (Å²) in [6.45, 7) is 11.8. The summed E-state index contributed by atoms with van der Waals surface area (Å²) >= 11 is 7.32. The predicted molar refractivity (Wildman–Crippen MR) is 236 cm³/mol. The predicted octanol–water partition coefficient (Wildman–Crippen LogP) is 4.61. The number of halogens is 2. The largest absolute Gasteiger partial charge is 0.340 e. The van der Waals surface area contributed by atoms with Crippen molar-refractivity contribution >= 4 is 61.2 Å². The van der Waals surface area contributed by atoms with Crippen LogP contribution in [0.5, 0.6) is 0 Å². The number of carbonyl (C=O) groups excluding carboxylic acids is 3. The number of hydrogen-bond donors (Lipinski definition) is 4. The second kappa shape index (κ2) is 20.6. The van der Waals surface area contributed by atoms with Gasteiger partial charge in [0.25, 0.3) is 0 Å². The third-order valence-electron chi connectivity index (χ3n) is 12.2. The van der Waals surface area contributed by atoms with E-state index >= 15 is 0 Å². The Bertz CT molecular complexity index is 2000. The molecule has 0 spiro atoms. The van der Waals surface area contributed by atoms with Gasteiger partial charge in [0.05, 0.1) is 6.54 Å². The maximum Gasteiger partial charge on any atom is 0.324 e. The van der Waals surface area contributed by atoms with Crippen molar-refractivity contribution < 1.29 is 14.4 Å². The smallest absolute Gasteiger partial charge is 0.324 e. The zero-order valence-electron chi connectivity index (χ0n) is 33.6. The van der Waals surface area contributed by atoms with E-state index in [2.05, 4.69) is 85.3 Å². The molecule has 3 aromatic rings. The lowest BCUT2D eigenvalue weighted by Gasteiger charge is -2.38. The molecular formula is C43H56Br2N10O4. The van der Waals surface area contributed by atoms with Crippen LogP contribution < -0.4 is 16.2 Å². The molecule has 16 heteroatoms. The van der Waals surface area contributed by atoms with Gasteiger partial charge in [-0.25, -0.2) is 4.79 Å². The Hall–Kier alpha value is -3.93. The summed E-state index contributed by atoms with van der Waals surface area (Å²) < 4.78 is 2.06. The number of benzene rings is 2. The molecule has 4 aliphatic heterocycles. The first-order valence-corrected chi connectivity index (χ1v) is 22.5. The lowest BCUT2D eigenvalue weighted by atomic mass is 9.94. The van der Waals surface area contributed by atoms with Crippen LogP contribution in [0.15, 0.2) is 74.5 Å². The Kier molecular flexibility index (Phi) is 15.0. The van der Waals surface area contributed by atoms with Crippen LogP contribution in [0, 0.1) is 17.2 Å². The summed E-state index contributed by atoms with van der Waals surface area (Å²) in [5.74, 6) is 0.648. The number of rotatable bonds is 11. The van der Waals surface area contributed by atoms with E-state index in [0.29, 0.717) is 45.0 Å². The summed E-state index contributed by atoms with van der Waals surface area (Å²) in [6.07, 6.45) is 4.85. The fraction of sp³-hybridized carbons (Fsp3) is 0.512. The van der Waals surface area contributed by atoms with E-state index in [4.69, 9.17) is 5.41 Å². The lowest BCUT2D eigenvalue weighted by molar-refractivity contribution is -0.139. The lowest BCUT2D eigenvalue weighted by Crippen LogP contribution is -2.51. The van der Waals surface area contributed by atoms with Crippen molar-refractivity contribution in [1.29, 1.82) is 5.41 Å². The number of hydrogen-bond acceptors (Lipinski definition) is 9. The van der Waals surface area contributed by atoms with Crippen molar-refractivity contribution in [3.05, 3.63) is 96.8 Å². The molecule has 2 aromatic carbocycles. The van der Waals surface area contributed by atoms with Crippen molar-refractivity contribution in [2.24, 2.45) is 11.8 Å². The molecule has 7 rings (SSSR count). The number of amides is 4. The SMILES string of the molecule is N=C(CN1CCC(C(=O)N2CCN(Cc3ccccc3Br)CC2)CC1)NC(=O)Nc1ccc(Br)c(CN2CCN(C(=O)C3CCN(Cc4cc[nH]c(=O)c4)CC3)CC2)c1. The first kappa shape index (κ1) is 43.2. The molecule has 14 nitrogen and oxygen atoms in total. The van der Waals surface area contributed by atoms with Crippen LogP contribution in [0.2, 0.25) is 0 Å². The molecule has 4 saturated heterocycles. The van der Waals surface area contributed by atoms with Gasteiger partial charge in [0.2, 0.25) is 17.4 Å². The number of nitrogens with one attached hydrogen (secondary N) is 4. The molecular weight excluding hydrogens is 880 g/mol. The standard InChI is InChI=1S/C43H56Br2N10O4/c44-37-4-2-1-3-34(37)28-52-17-21-54(22-18-52)42(58)33-10-15-51(16-11-33)30-39(46)49-43(59)48-36-5-6-38(45)35(26-36)29-53-19-23-55(24-20-53)41(57)32-8-13-50(14-9-32)27-31-7-12-47-40(56)25-31/h1-7,12,25-26,32-33H,8-11,13-24,27-30H2,(H,47,56)(H3,46,48,49,59). The average molecular weight is 937 g/mol. The van der Waals surface area contributed by atoms with E-state index in [9.17, 15) is 19.2 Å². The number of amidine groups is 1. The highest BCUT2D eigenvalue weighted by Crippen LogP contribution is 2.26. The van der Waals surface area contributed by atoms with Gasteiger partial charge in [0.15, 0.2) is 0 Å². The molecule has 4 fully saturated rings. The third kappa shape index (κ3) is 12.1. The van der Waals surface area contributed by atoms with Crippen molar-refractivity contribution in [1.82, 2.24) is 39.7 Å². The fourth-order valence-corrected chi connectivity index (χ4v) is 9.52. The van der Waals surface area contributed by atoms with Gasteiger partial charge >= 0.3 is 6.03 Å². The Morgan fingerprint density at radius 2 is 1.19 bits per heavy atom. The Labute approximate surface area is 363 Å². The monoisotopic (exact) mass is 934 g/mol. The zero-order valence-corrected chi connectivity index (χ0v) is 36.8. The highest BCUT2D eigenvalue weighted by Gasteiger charge is 2.32. The quantitative estimate of drug-likeness (QED) is 0.161. The van der Waals surface area contributed by atoms with Gasteiger partial charge in [-0.2, -0.15) is 0 Å². The molecule has 4 N–H and O–H groups in total. The summed E-state index contributed by atoms with van der Waals surface area (Å²) in [5.41, 5.74) is 3.84. The minimum absolute atomic E-state index is 0.0000746. The number of aromatic nitrogens is 1. The fourth-order valence-electron chi connectivity index (χ4n) is 8.74. The van der Waals surface area contributed by atoms with Crippen LogP contribution in [0.1, 0.15) is 42.4 Å². The highest BCUT2D eigenvalue weighted by molar-refractivity contribution is 9.10. The van der Waals surface area contributed by atoms with Crippen LogP contribution >= 0.6 is 31.9 Å². The highest BCUT2D eigenvalue weighted by atomic mass is 79.9. The second-order valence-corrected chi connectivity index (χ2v) is 18.0. The molecule has 1 aromatic heterocycles. The number of piperidine rings is 2. The van der Waals surface area contributed by atoms with Crippen LogP contribution in [-0.4, -0.2) is 143 Å². The summed E-state index contributed by atoms with van der Waals surface area (Å²) in [7, 11) is 0. The number of aromatic amines is 1. The Morgan fingerprint density at radius 1 is 0.644 bits per heavy atom. The number of nitrogens with zero attached hydrogens (tertiary/aromatic N) is 6. The van der Waals surface area contributed by atoms with Gasteiger partial charge in [-0.1, -0.05) is 50.1 Å². The Balaban J connectivity index is 0.781. The van der Waals surface area contributed by atoms with E-state index in [1.54, 1.807) is 12.3 Å². The molecule has 0 unspecified atom stereocenters. The normalized spacial score (nSPS) is 19.4. The van der Waals surface area contributed by atoms with Crippen molar-refractivity contribution in [2.45, 2.75) is 45.3 Å². The molecule has 316 valence electrons. The maximum atomic E-state index is 13.4. The van der Waals surface area contributed by atoms with Gasteiger partial charge in [0.1, 0.15) is 5.84 Å². The van der Waals surface area contributed by atoms with Crippen molar-refractivity contribution in [3.63, 3.8) is 0 Å². The van der Waals surface area contributed by atoms with Gasteiger partial charge in [-0.05, 0) is 98.9 Å². The van der Waals surface area contributed by atoms with Gasteiger partial charge in [-0.15, -0.1) is 0 Å². The zero-order chi connectivity index (χ0) is 41.3. The summed E-state index contributed by atoms with van der Waals surface area (Å²) in [6, 6.07) is 17.1. The number of pyridine rings is 1. The molecule has 0 bridgehead atoms. The number of carbonyl (C=O) groups is 3. The van der Waals surface area contributed by atoms with E-state index in [1.165, 1.54) is 5.56 Å². The van der Waals surface area contributed by atoms with E-state index in [1.807, 2.05) is 40.1 Å². The maximum absolute atomic E-state index is 13.4. The molecule has 4 amide bonds. The molecule has 4 aliphatic rings. The number of anilines is 1. The minimum Gasteiger partial charge on any atom is -0.340 e. The van der Waals surface area contributed by atoms with Crippen LogP contribution in [0.4, 0.5) is 10.5 Å². The average Bonchev–Trinajstić information content (AvgIpc) is 3.23. The summed E-state index contributed by atoms with van der Waals surface area (Å²) in [4.78, 5) is 67.3. The first-order valence-electron chi connectivity index (χ1n) is 20.9. The van der Waals surface area contributed by atoms with Crippen LogP contribution in [-0.2, 0) is 29.2 Å². The number of likely N-dealkylation sites (tertiary alicyclic amines) is 2. The molecule has 5 heterocycles. The molecule has 0 radical (unpaired) electrons. The van der Waals surface area contributed by atoms with Crippen molar-refractivity contribution in [2.75, 3.05) is 90.4 Å². The van der Waals surface area contributed by atoms with Gasteiger partial charge in [0, 0.05) is 111 Å². The van der Waals surface area contributed by atoms with E-state index < -0.39 is 6.03 Å². The van der Waals surface area contributed by atoms with Gasteiger partial charge < -0.3 is 20.1 Å². The topological polar surface area (TPSA) is 151 Å². The number of H-pyrrole nitrogens is 1. The molecule has 0 saturated carbocycles. The number of piperazine rings is 2. The third-order valence-corrected chi connectivity index (χ3v) is 13.7. The second-order valence-electron chi connectivity index (χ2n) is 16.3. The Morgan fingerprint density at radius 3 is 1.78 bits per heavy atom.